The number of fused-ring (bicyclic) bond motifs is 1. The molecule has 1 aromatic heterocycles. The number of likely N-dealkylation sites (tertiary alicyclic amines) is 1. The van der Waals surface area contributed by atoms with Crippen LogP contribution in [0.2, 0.25) is 0 Å². The van der Waals surface area contributed by atoms with Crippen LogP contribution in [0.25, 0.3) is 0 Å². The molecule has 0 bridgehead atoms. The Morgan fingerprint density at radius 3 is 3.04 bits per heavy atom. The summed E-state index contributed by atoms with van der Waals surface area (Å²) in [4.78, 5) is 18.7. The normalized spacial score (nSPS) is 20.8. The number of aryl methyl sites for hydroxylation is 1. The average molecular weight is 317 g/mol. The van der Waals surface area contributed by atoms with Crippen LogP contribution in [0.5, 0.6) is 0 Å². The number of nitrogens with zero attached hydrogens (tertiary/aromatic N) is 2. The van der Waals surface area contributed by atoms with E-state index >= 15 is 0 Å². The Kier molecular flexibility index (Phi) is 4.46. The molecule has 1 fully saturated rings. The fourth-order valence-corrected chi connectivity index (χ4v) is 3.27. The summed E-state index contributed by atoms with van der Waals surface area (Å²) >= 11 is 0. The van der Waals surface area contributed by atoms with Crippen LogP contribution in [-0.2, 0) is 17.6 Å². The molecule has 5 heteroatoms. The Bertz CT molecular complexity index is 580. The molecule has 1 N–H and O–H groups in total. The number of pyridine rings is 1. The summed E-state index contributed by atoms with van der Waals surface area (Å²) in [6.45, 7) is 8.27. The van der Waals surface area contributed by atoms with Crippen LogP contribution < -0.4 is 5.32 Å². The Morgan fingerprint density at radius 1 is 1.43 bits per heavy atom. The summed E-state index contributed by atoms with van der Waals surface area (Å²) in [6.07, 6.45) is 4.05. The van der Waals surface area contributed by atoms with Crippen molar-refractivity contribution in [1.29, 1.82) is 0 Å². The molecule has 3 rings (SSSR count). The molecule has 2 aliphatic heterocycles. The first-order chi connectivity index (χ1) is 10.9. The van der Waals surface area contributed by atoms with E-state index in [0.29, 0.717) is 5.92 Å². The molecule has 5 nitrogen and oxygen atoms in total. The number of ether oxygens (including phenoxy) is 1. The fraction of sp³-hybridized carbons (Fsp3) is 0.667. The zero-order valence-electron chi connectivity index (χ0n) is 14.4. The number of hydrogen-bond donors (Lipinski definition) is 1. The molecule has 1 atom stereocenters. The molecule has 1 amide bonds. The number of carbonyl (C=O) groups is 1. The van der Waals surface area contributed by atoms with E-state index < -0.39 is 5.60 Å². The van der Waals surface area contributed by atoms with Gasteiger partial charge in [-0.05, 0) is 64.0 Å². The van der Waals surface area contributed by atoms with Gasteiger partial charge in [-0.2, -0.15) is 0 Å². The van der Waals surface area contributed by atoms with Gasteiger partial charge in [0.1, 0.15) is 11.4 Å². The van der Waals surface area contributed by atoms with Crippen LogP contribution in [0.4, 0.5) is 10.6 Å². The van der Waals surface area contributed by atoms with E-state index in [1.807, 2.05) is 25.7 Å². The van der Waals surface area contributed by atoms with Gasteiger partial charge in [0.05, 0.1) is 0 Å². The molecule has 1 aromatic rings. The van der Waals surface area contributed by atoms with Gasteiger partial charge in [0.2, 0.25) is 0 Å². The van der Waals surface area contributed by atoms with Gasteiger partial charge in [0.15, 0.2) is 0 Å². The first-order valence-electron chi connectivity index (χ1n) is 8.61. The van der Waals surface area contributed by atoms with Crippen LogP contribution in [0, 0.1) is 5.92 Å². The summed E-state index contributed by atoms with van der Waals surface area (Å²) < 4.78 is 5.46. The summed E-state index contributed by atoms with van der Waals surface area (Å²) in [5.74, 6) is 1.52. The molecule has 1 saturated heterocycles. The molecule has 3 heterocycles. The van der Waals surface area contributed by atoms with Crippen molar-refractivity contribution < 1.29 is 9.53 Å². The van der Waals surface area contributed by atoms with Crippen molar-refractivity contribution in [2.75, 3.05) is 25.0 Å². The number of amides is 1. The molecule has 2 aliphatic rings. The lowest BCUT2D eigenvalue weighted by atomic mass is 10.0. The van der Waals surface area contributed by atoms with E-state index in [0.717, 1.165) is 50.4 Å². The molecule has 0 aliphatic carbocycles. The first-order valence-corrected chi connectivity index (χ1v) is 8.61. The largest absolute Gasteiger partial charge is 0.444 e. The Hall–Kier alpha value is -1.78. The van der Waals surface area contributed by atoms with Crippen LogP contribution in [0.3, 0.4) is 0 Å². The number of nitrogens with one attached hydrogen (secondary N) is 1. The maximum atomic E-state index is 12.1. The minimum absolute atomic E-state index is 0.194. The van der Waals surface area contributed by atoms with Gasteiger partial charge in [-0.3, -0.25) is 0 Å². The topological polar surface area (TPSA) is 54.5 Å². The van der Waals surface area contributed by atoms with Crippen LogP contribution >= 0.6 is 0 Å². The predicted octanol–water partition coefficient (Wildman–Crippen LogP) is 3.24. The van der Waals surface area contributed by atoms with Gasteiger partial charge in [-0.25, -0.2) is 9.78 Å². The van der Waals surface area contributed by atoms with Crippen molar-refractivity contribution >= 4 is 11.9 Å². The zero-order chi connectivity index (χ0) is 16.4. The Morgan fingerprint density at radius 2 is 2.26 bits per heavy atom. The summed E-state index contributed by atoms with van der Waals surface area (Å²) in [7, 11) is 0. The highest BCUT2D eigenvalue weighted by molar-refractivity contribution is 5.68. The number of anilines is 1. The molecule has 0 saturated carbocycles. The SMILES string of the molecule is CC(C)(C)OC(=O)N1CCC(Cc2ccc3c(n2)NCCC3)C1. The van der Waals surface area contributed by atoms with Crippen LogP contribution in [-0.4, -0.2) is 41.2 Å². The molecular weight excluding hydrogens is 290 g/mol. The predicted molar refractivity (Wildman–Crippen MR) is 90.7 cm³/mol. The fourth-order valence-electron chi connectivity index (χ4n) is 3.27. The lowest BCUT2D eigenvalue weighted by molar-refractivity contribution is 0.0288. The molecule has 126 valence electrons. The maximum Gasteiger partial charge on any atom is 0.410 e. The van der Waals surface area contributed by atoms with E-state index in [2.05, 4.69) is 17.4 Å². The van der Waals surface area contributed by atoms with Crippen molar-refractivity contribution in [3.8, 4) is 0 Å². The quantitative estimate of drug-likeness (QED) is 0.910. The van der Waals surface area contributed by atoms with Gasteiger partial charge < -0.3 is 15.0 Å². The maximum absolute atomic E-state index is 12.1. The summed E-state index contributed by atoms with van der Waals surface area (Å²) in [5.41, 5.74) is 2.01. The Labute approximate surface area is 138 Å². The number of aromatic nitrogens is 1. The molecule has 0 spiro atoms. The molecule has 1 unspecified atom stereocenters. The van der Waals surface area contributed by atoms with E-state index in [4.69, 9.17) is 9.72 Å². The molecular formula is C18H27N3O2. The smallest absolute Gasteiger partial charge is 0.410 e. The second-order valence-corrected chi connectivity index (χ2v) is 7.63. The third-order valence-corrected chi connectivity index (χ3v) is 4.39. The van der Waals surface area contributed by atoms with Crippen molar-refractivity contribution in [2.24, 2.45) is 5.92 Å². The lowest BCUT2D eigenvalue weighted by Gasteiger charge is -2.24. The van der Waals surface area contributed by atoms with Gasteiger partial charge in [0.25, 0.3) is 0 Å². The zero-order valence-corrected chi connectivity index (χ0v) is 14.4. The van der Waals surface area contributed by atoms with Crippen LogP contribution in [0.15, 0.2) is 12.1 Å². The second kappa shape index (κ2) is 6.38. The highest BCUT2D eigenvalue weighted by atomic mass is 16.6. The van der Waals surface area contributed by atoms with E-state index in [1.54, 1.807) is 0 Å². The first kappa shape index (κ1) is 16.1. The van der Waals surface area contributed by atoms with Gasteiger partial charge in [0, 0.05) is 25.3 Å². The molecule has 0 radical (unpaired) electrons. The minimum Gasteiger partial charge on any atom is -0.444 e. The average Bonchev–Trinajstić information content (AvgIpc) is 2.94. The third-order valence-electron chi connectivity index (χ3n) is 4.39. The van der Waals surface area contributed by atoms with Crippen molar-refractivity contribution in [3.05, 3.63) is 23.4 Å². The molecule has 23 heavy (non-hydrogen) atoms. The number of hydrogen-bond acceptors (Lipinski definition) is 4. The van der Waals surface area contributed by atoms with Gasteiger partial charge in [-0.1, -0.05) is 6.07 Å². The molecule has 0 aromatic carbocycles. The summed E-state index contributed by atoms with van der Waals surface area (Å²) in [6, 6.07) is 4.34. The van der Waals surface area contributed by atoms with Crippen LogP contribution in [0.1, 0.15) is 44.9 Å². The standard InChI is InChI=1S/C18H27N3O2/c1-18(2,3)23-17(22)21-10-8-13(12-21)11-15-7-6-14-5-4-9-19-16(14)20-15/h6-7,13H,4-5,8-12H2,1-3H3,(H,19,20). The summed E-state index contributed by atoms with van der Waals surface area (Å²) in [5, 5.41) is 3.39. The van der Waals surface area contributed by atoms with E-state index in [9.17, 15) is 4.79 Å². The minimum atomic E-state index is -0.430. The monoisotopic (exact) mass is 317 g/mol. The highest BCUT2D eigenvalue weighted by Crippen LogP contribution is 2.25. The second-order valence-electron chi connectivity index (χ2n) is 7.63. The van der Waals surface area contributed by atoms with Crippen molar-refractivity contribution in [3.63, 3.8) is 0 Å². The van der Waals surface area contributed by atoms with Crippen molar-refractivity contribution in [2.45, 2.75) is 52.1 Å². The third kappa shape index (κ3) is 4.15. The van der Waals surface area contributed by atoms with E-state index in [1.165, 1.54) is 12.0 Å². The van der Waals surface area contributed by atoms with E-state index in [-0.39, 0.29) is 6.09 Å². The number of rotatable bonds is 2. The van der Waals surface area contributed by atoms with Gasteiger partial charge in [-0.15, -0.1) is 0 Å². The van der Waals surface area contributed by atoms with Gasteiger partial charge >= 0.3 is 6.09 Å². The Balaban J connectivity index is 1.57. The lowest BCUT2D eigenvalue weighted by Crippen LogP contribution is -2.35. The number of carbonyl (C=O) groups excluding carboxylic acids is 1. The van der Waals surface area contributed by atoms with Crippen molar-refractivity contribution in [1.82, 2.24) is 9.88 Å². The highest BCUT2D eigenvalue weighted by Gasteiger charge is 2.30.